The van der Waals surface area contributed by atoms with Crippen molar-refractivity contribution in [2.24, 2.45) is 0 Å². The minimum absolute atomic E-state index is 0.0358. The smallest absolute Gasteiger partial charge is 0.259 e. The third kappa shape index (κ3) is 1.96. The number of hydrogen-bond donors (Lipinski definition) is 0. The lowest BCUT2D eigenvalue weighted by atomic mass is 10.2. The predicted octanol–water partition coefficient (Wildman–Crippen LogP) is 3.76. The molecule has 0 N–H and O–H groups in total. The zero-order chi connectivity index (χ0) is 12.5. The molecule has 0 aliphatic rings. The lowest BCUT2D eigenvalue weighted by molar-refractivity contribution is 0.769. The Bertz CT molecular complexity index is 760. The van der Waals surface area contributed by atoms with Gasteiger partial charge in [0.05, 0.1) is 11.9 Å². The molecule has 90 valence electrons. The summed E-state index contributed by atoms with van der Waals surface area (Å²) in [6.45, 7) is 0.504. The van der Waals surface area contributed by atoms with E-state index in [-0.39, 0.29) is 5.56 Å². The molecule has 0 saturated heterocycles. The monoisotopic (exact) mass is 275 g/mol. The van der Waals surface area contributed by atoms with E-state index in [1.54, 1.807) is 15.9 Å². The van der Waals surface area contributed by atoms with Gasteiger partial charge in [-0.05, 0) is 29.1 Å². The van der Waals surface area contributed by atoms with Crippen LogP contribution in [0.5, 0.6) is 0 Å². The van der Waals surface area contributed by atoms with E-state index in [4.69, 9.17) is 11.6 Å². The number of nitrogens with zero attached hydrogens (tertiary/aromatic N) is 1. The Morgan fingerprint density at radius 3 is 2.83 bits per heavy atom. The highest BCUT2D eigenvalue weighted by Crippen LogP contribution is 2.18. The van der Waals surface area contributed by atoms with Gasteiger partial charge in [-0.15, -0.1) is 11.3 Å². The van der Waals surface area contributed by atoms with Crippen molar-refractivity contribution in [3.05, 3.63) is 68.9 Å². The molecule has 0 saturated carbocycles. The molecule has 0 aliphatic carbocycles. The zero-order valence-electron chi connectivity index (χ0n) is 9.47. The quantitative estimate of drug-likeness (QED) is 0.698. The summed E-state index contributed by atoms with van der Waals surface area (Å²) in [6, 6.07) is 11.4. The van der Waals surface area contributed by atoms with Gasteiger partial charge in [-0.1, -0.05) is 29.8 Å². The molecule has 2 nitrogen and oxygen atoms in total. The van der Waals surface area contributed by atoms with E-state index in [1.807, 2.05) is 48.0 Å². The van der Waals surface area contributed by atoms with Crippen molar-refractivity contribution in [1.82, 2.24) is 4.57 Å². The topological polar surface area (TPSA) is 22.0 Å². The largest absolute Gasteiger partial charge is 0.310 e. The molecule has 2 aromatic heterocycles. The van der Waals surface area contributed by atoms with Crippen molar-refractivity contribution in [1.29, 1.82) is 0 Å². The molecule has 0 spiro atoms. The second-order valence-corrected chi connectivity index (χ2v) is 5.39. The summed E-state index contributed by atoms with van der Waals surface area (Å²) in [7, 11) is 0. The fraction of sp³-hybridized carbons (Fsp3) is 0.0714. The van der Waals surface area contributed by atoms with Crippen LogP contribution >= 0.6 is 22.9 Å². The van der Waals surface area contributed by atoms with Gasteiger partial charge in [-0.2, -0.15) is 0 Å². The van der Waals surface area contributed by atoms with Crippen LogP contribution in [0.3, 0.4) is 0 Å². The highest BCUT2D eigenvalue weighted by Gasteiger charge is 2.05. The van der Waals surface area contributed by atoms with Crippen LogP contribution in [0.25, 0.3) is 10.1 Å². The summed E-state index contributed by atoms with van der Waals surface area (Å²) in [5, 5.41) is 3.40. The first-order chi connectivity index (χ1) is 8.75. The highest BCUT2D eigenvalue weighted by molar-refractivity contribution is 7.17. The molecule has 3 rings (SSSR count). The molecular formula is C14H10ClNOS. The third-order valence-corrected chi connectivity index (χ3v) is 4.14. The SMILES string of the molecule is O=c1c2ccsc2ccn1Cc1ccccc1Cl. The average Bonchev–Trinajstić information content (AvgIpc) is 2.84. The molecule has 0 aliphatic heterocycles. The van der Waals surface area contributed by atoms with Crippen LogP contribution in [0.1, 0.15) is 5.56 Å². The number of rotatable bonds is 2. The Balaban J connectivity index is 2.08. The van der Waals surface area contributed by atoms with Crippen LogP contribution < -0.4 is 5.56 Å². The first kappa shape index (κ1) is 11.5. The van der Waals surface area contributed by atoms with Gasteiger partial charge in [0.15, 0.2) is 0 Å². The van der Waals surface area contributed by atoms with Crippen LogP contribution in [0.2, 0.25) is 5.02 Å². The number of halogens is 1. The molecule has 0 radical (unpaired) electrons. The molecule has 18 heavy (non-hydrogen) atoms. The van der Waals surface area contributed by atoms with Crippen molar-refractivity contribution in [2.45, 2.75) is 6.54 Å². The van der Waals surface area contributed by atoms with Gasteiger partial charge >= 0.3 is 0 Å². The summed E-state index contributed by atoms with van der Waals surface area (Å²) in [6.07, 6.45) is 1.82. The van der Waals surface area contributed by atoms with Crippen LogP contribution in [-0.4, -0.2) is 4.57 Å². The Hall–Kier alpha value is -1.58. The summed E-state index contributed by atoms with van der Waals surface area (Å²) >= 11 is 7.69. The van der Waals surface area contributed by atoms with Crippen molar-refractivity contribution in [3.8, 4) is 0 Å². The molecule has 3 aromatic rings. The van der Waals surface area contributed by atoms with Crippen molar-refractivity contribution < 1.29 is 0 Å². The maximum absolute atomic E-state index is 12.2. The molecule has 2 heterocycles. The summed E-state index contributed by atoms with van der Waals surface area (Å²) < 4.78 is 2.71. The maximum Gasteiger partial charge on any atom is 0.259 e. The third-order valence-electron chi connectivity index (χ3n) is 2.89. The molecule has 4 heteroatoms. The molecule has 0 amide bonds. The second kappa shape index (κ2) is 4.59. The average molecular weight is 276 g/mol. The van der Waals surface area contributed by atoms with Crippen molar-refractivity contribution in [2.75, 3.05) is 0 Å². The van der Waals surface area contributed by atoms with Gasteiger partial charge in [0.25, 0.3) is 5.56 Å². The van der Waals surface area contributed by atoms with E-state index in [2.05, 4.69) is 0 Å². The van der Waals surface area contributed by atoms with Crippen LogP contribution in [0.15, 0.2) is 52.8 Å². The second-order valence-electron chi connectivity index (χ2n) is 4.04. The molecular weight excluding hydrogens is 266 g/mol. The molecule has 0 fully saturated rings. The molecule has 1 aromatic carbocycles. The first-order valence-electron chi connectivity index (χ1n) is 5.56. The predicted molar refractivity (Wildman–Crippen MR) is 76.6 cm³/mol. The van der Waals surface area contributed by atoms with Crippen LogP contribution in [0, 0.1) is 0 Å². The number of fused-ring (bicyclic) bond motifs is 1. The number of aromatic nitrogens is 1. The van der Waals surface area contributed by atoms with Crippen LogP contribution in [0.4, 0.5) is 0 Å². The van der Waals surface area contributed by atoms with Crippen LogP contribution in [-0.2, 0) is 6.54 Å². The zero-order valence-corrected chi connectivity index (χ0v) is 11.0. The van der Waals surface area contributed by atoms with Gasteiger partial charge in [0.1, 0.15) is 0 Å². The molecule has 0 atom stereocenters. The molecule has 0 bridgehead atoms. The van der Waals surface area contributed by atoms with Crippen molar-refractivity contribution in [3.63, 3.8) is 0 Å². The van der Waals surface area contributed by atoms with E-state index >= 15 is 0 Å². The standard InChI is InChI=1S/C14H10ClNOS/c15-12-4-2-1-3-10(12)9-16-7-5-13-11(14(16)17)6-8-18-13/h1-8H,9H2. The van der Waals surface area contributed by atoms with Crippen molar-refractivity contribution >= 4 is 33.0 Å². The van der Waals surface area contributed by atoms with Gasteiger partial charge in [-0.25, -0.2) is 0 Å². The Morgan fingerprint density at radius 2 is 2.00 bits per heavy atom. The Morgan fingerprint density at radius 1 is 1.17 bits per heavy atom. The summed E-state index contributed by atoms with van der Waals surface area (Å²) in [4.78, 5) is 12.2. The number of thiophene rings is 1. The molecule has 0 unspecified atom stereocenters. The Kier molecular flexibility index (Phi) is 2.94. The van der Waals surface area contributed by atoms with Gasteiger partial charge in [-0.3, -0.25) is 4.79 Å². The minimum Gasteiger partial charge on any atom is -0.310 e. The van der Waals surface area contributed by atoms with E-state index in [1.165, 1.54) is 0 Å². The normalized spacial score (nSPS) is 10.9. The number of benzene rings is 1. The fourth-order valence-electron chi connectivity index (χ4n) is 1.94. The lowest BCUT2D eigenvalue weighted by Crippen LogP contribution is -2.19. The Labute approximate surface area is 113 Å². The highest BCUT2D eigenvalue weighted by atomic mass is 35.5. The van der Waals surface area contributed by atoms with Gasteiger partial charge in [0, 0.05) is 15.9 Å². The van der Waals surface area contributed by atoms with Gasteiger partial charge < -0.3 is 4.57 Å². The van der Waals surface area contributed by atoms with E-state index in [0.29, 0.717) is 11.6 Å². The fourth-order valence-corrected chi connectivity index (χ4v) is 2.91. The van der Waals surface area contributed by atoms with E-state index in [0.717, 1.165) is 15.6 Å². The lowest BCUT2D eigenvalue weighted by Gasteiger charge is -2.07. The first-order valence-corrected chi connectivity index (χ1v) is 6.81. The number of hydrogen-bond acceptors (Lipinski definition) is 2. The maximum atomic E-state index is 12.2. The summed E-state index contributed by atoms with van der Waals surface area (Å²) in [5.41, 5.74) is 0.990. The van der Waals surface area contributed by atoms with E-state index in [9.17, 15) is 4.79 Å². The van der Waals surface area contributed by atoms with Gasteiger partial charge in [0.2, 0.25) is 0 Å². The number of pyridine rings is 1. The minimum atomic E-state index is 0.0358. The summed E-state index contributed by atoms with van der Waals surface area (Å²) in [5.74, 6) is 0. The van der Waals surface area contributed by atoms with E-state index < -0.39 is 0 Å².